The number of fused-ring (bicyclic) bond motifs is 2. The van der Waals surface area contributed by atoms with Gasteiger partial charge in [-0.2, -0.15) is 0 Å². The first kappa shape index (κ1) is 22.5. The van der Waals surface area contributed by atoms with Crippen molar-refractivity contribution in [3.05, 3.63) is 5.21 Å². The number of esters is 3. The van der Waals surface area contributed by atoms with E-state index in [1.165, 1.54) is 19.3 Å². The van der Waals surface area contributed by atoms with Gasteiger partial charge in [0, 0.05) is 0 Å². The Balaban J connectivity index is 1.12. The van der Waals surface area contributed by atoms with Gasteiger partial charge in [0.05, 0.1) is 0 Å². The fourth-order valence-electron chi connectivity index (χ4n) is 8.06. The third-order valence-corrected chi connectivity index (χ3v) is 11.9. The molecule has 0 aromatic rings. The molecule has 0 amide bonds. The van der Waals surface area contributed by atoms with E-state index in [2.05, 4.69) is 0 Å². The van der Waals surface area contributed by atoms with Crippen molar-refractivity contribution < 1.29 is 52.9 Å². The number of hydroxylamine groups is 2. The number of ether oxygens (including phenoxy) is 3. The predicted octanol–water partition coefficient (Wildman–Crippen LogP) is -0.260. The number of hydrogen-bond donors (Lipinski definition) is 0. The Morgan fingerprint density at radius 3 is 2.39 bits per heavy atom. The summed E-state index contributed by atoms with van der Waals surface area (Å²) in [6.45, 7) is 2.65. The average molecular weight is 574 g/mol. The minimum absolute atomic E-state index is 0.0268. The number of halogens is 1. The quantitative estimate of drug-likeness (QED) is 0.0604. The summed E-state index contributed by atoms with van der Waals surface area (Å²) in [7, 11) is 0. The molecule has 6 unspecified atom stereocenters. The maximum absolute atomic E-state index is 13.5. The zero-order valence-corrected chi connectivity index (χ0v) is 21.2. The van der Waals surface area contributed by atoms with Crippen LogP contribution < -0.4 is 21.5 Å². The van der Waals surface area contributed by atoms with E-state index < -0.39 is 35.5 Å². The molecule has 2 saturated heterocycles. The summed E-state index contributed by atoms with van der Waals surface area (Å²) in [4.78, 5) is 39.3. The van der Waals surface area contributed by atoms with Gasteiger partial charge >= 0.3 is 149 Å². The Hall–Kier alpha value is -0.940. The van der Waals surface area contributed by atoms with E-state index in [1.807, 2.05) is 6.92 Å². The van der Waals surface area contributed by atoms with E-state index in [9.17, 15) is 19.6 Å². The SMILES string of the molecule is CC1CC2C(OC(=O)C34CC5CC(CC(C5)C3)C4)OC(=O)C1C2C(=O)OCCC[N+]1([O-])C[I-]1. The third kappa shape index (κ3) is 3.99. The van der Waals surface area contributed by atoms with Crippen LogP contribution in [0.4, 0.5) is 0 Å². The molecule has 2 heterocycles. The Kier molecular flexibility index (Phi) is 5.49. The first-order chi connectivity index (χ1) is 15.8. The van der Waals surface area contributed by atoms with Gasteiger partial charge in [-0.1, -0.05) is 0 Å². The topological polar surface area (TPSA) is 102 Å². The van der Waals surface area contributed by atoms with Gasteiger partial charge in [0.25, 0.3) is 0 Å². The van der Waals surface area contributed by atoms with Gasteiger partial charge in [0.15, 0.2) is 0 Å². The molecule has 9 heteroatoms. The fraction of sp³-hybridized carbons (Fsp3) is 0.875. The van der Waals surface area contributed by atoms with Gasteiger partial charge in [-0.25, -0.2) is 0 Å². The fourth-order valence-corrected chi connectivity index (χ4v) is 9.42. The van der Waals surface area contributed by atoms with Gasteiger partial charge in [-0.3, -0.25) is 0 Å². The van der Waals surface area contributed by atoms with Crippen LogP contribution in [-0.4, -0.2) is 44.8 Å². The molecule has 8 nitrogen and oxygen atoms in total. The molecule has 5 aliphatic carbocycles. The van der Waals surface area contributed by atoms with Crippen molar-refractivity contribution in [2.75, 3.05) is 17.7 Å². The maximum atomic E-state index is 13.5. The van der Waals surface area contributed by atoms with Gasteiger partial charge < -0.3 is 0 Å². The molecule has 7 fully saturated rings. The molecule has 5 saturated carbocycles. The number of carbonyl (C=O) groups excluding carboxylic acids is 3. The summed E-state index contributed by atoms with van der Waals surface area (Å²) in [6, 6.07) is 0. The Morgan fingerprint density at radius 2 is 1.79 bits per heavy atom. The first-order valence-corrected chi connectivity index (χ1v) is 15.0. The van der Waals surface area contributed by atoms with Crippen molar-refractivity contribution >= 4 is 17.9 Å². The predicted molar refractivity (Wildman–Crippen MR) is 110 cm³/mol. The van der Waals surface area contributed by atoms with Crippen molar-refractivity contribution in [2.45, 2.75) is 64.6 Å². The van der Waals surface area contributed by atoms with Crippen LogP contribution in [0.25, 0.3) is 0 Å². The molecule has 7 aliphatic rings. The van der Waals surface area contributed by atoms with Gasteiger partial charge in [-0.15, -0.1) is 0 Å². The van der Waals surface area contributed by atoms with E-state index in [-0.39, 0.29) is 48.8 Å². The van der Waals surface area contributed by atoms with Crippen molar-refractivity contribution in [2.24, 2.45) is 46.8 Å². The number of quaternary nitrogens is 1. The minimum atomic E-state index is -1.01. The van der Waals surface area contributed by atoms with Gasteiger partial charge in [-0.05, 0) is 56.3 Å². The van der Waals surface area contributed by atoms with Crippen LogP contribution in [0.1, 0.15) is 58.3 Å². The van der Waals surface area contributed by atoms with Crippen LogP contribution in [0.2, 0.25) is 0 Å². The van der Waals surface area contributed by atoms with Crippen molar-refractivity contribution in [1.29, 1.82) is 0 Å². The van der Waals surface area contributed by atoms with Crippen LogP contribution in [-0.2, 0) is 28.6 Å². The molecular formula is C24H33INO7-. The van der Waals surface area contributed by atoms with Crippen molar-refractivity contribution in [1.82, 2.24) is 0 Å². The standard InChI is InChI=1S/C24H33INO7/c1-13-5-17-19(20(27)31-4-2-3-26(30)12-25-26)18(13)21(28)32-22(17)33-23(29)24-9-14-6-15(10-24)8-16(7-14)11-24/h13-19,22H,2-12H2,1H3/q-1. The van der Waals surface area contributed by atoms with Crippen molar-refractivity contribution in [3.8, 4) is 0 Å². The number of nitrogens with zero attached hydrogens (tertiary/aromatic N) is 1. The Morgan fingerprint density at radius 1 is 1.15 bits per heavy atom. The summed E-state index contributed by atoms with van der Waals surface area (Å²) in [5.74, 6) is -0.838. The summed E-state index contributed by atoms with van der Waals surface area (Å²) < 4.78 is 17.7. The number of rotatable bonds is 7. The Labute approximate surface area is 204 Å². The molecule has 6 bridgehead atoms. The molecule has 6 atom stereocenters. The second kappa shape index (κ2) is 8.05. The van der Waals surface area contributed by atoms with Crippen molar-refractivity contribution in [3.63, 3.8) is 0 Å². The number of alkyl halides is 1. The van der Waals surface area contributed by atoms with Gasteiger partial charge in [0.1, 0.15) is 0 Å². The first-order valence-electron chi connectivity index (χ1n) is 12.5. The number of carbonyl (C=O) groups is 3. The third-order valence-electron chi connectivity index (χ3n) is 9.19. The second-order valence-corrected chi connectivity index (χ2v) is 14.7. The second-order valence-electron chi connectivity index (χ2n) is 11.6. The molecule has 0 radical (unpaired) electrons. The number of hydrogen-bond acceptors (Lipinski definition) is 7. The monoisotopic (exact) mass is 574 g/mol. The zero-order valence-electron chi connectivity index (χ0n) is 19.1. The molecule has 2 aliphatic heterocycles. The number of cyclic esters (lactones) is 1. The van der Waals surface area contributed by atoms with E-state index in [0.717, 1.165) is 23.8 Å². The summed E-state index contributed by atoms with van der Waals surface area (Å²) in [5, 5.41) is 11.9. The molecule has 0 aromatic carbocycles. The van der Waals surface area contributed by atoms with E-state index >= 15 is 0 Å². The van der Waals surface area contributed by atoms with Crippen LogP contribution in [0.5, 0.6) is 0 Å². The molecule has 0 spiro atoms. The zero-order chi connectivity index (χ0) is 23.0. The normalized spacial score (nSPS) is 49.2. The van der Waals surface area contributed by atoms with Crippen LogP contribution >= 0.6 is 0 Å². The van der Waals surface area contributed by atoms with Crippen LogP contribution in [0, 0.1) is 52.0 Å². The summed E-state index contributed by atoms with van der Waals surface area (Å²) >= 11 is -0.267. The molecule has 0 N–H and O–H groups in total. The van der Waals surface area contributed by atoms with Gasteiger partial charge in [0.2, 0.25) is 0 Å². The van der Waals surface area contributed by atoms with Crippen LogP contribution in [0.3, 0.4) is 0 Å². The van der Waals surface area contributed by atoms with E-state index in [0.29, 0.717) is 37.1 Å². The Bertz CT molecular complexity index is 822. The van der Waals surface area contributed by atoms with Crippen LogP contribution in [0.15, 0.2) is 0 Å². The average Bonchev–Trinajstić information content (AvgIpc) is 3.40. The molecule has 0 aromatic heterocycles. The molecular weight excluding hydrogens is 541 g/mol. The molecule has 184 valence electrons. The van der Waals surface area contributed by atoms with E-state index in [4.69, 9.17) is 14.2 Å². The van der Waals surface area contributed by atoms with E-state index in [1.54, 1.807) is 0 Å². The summed E-state index contributed by atoms with van der Waals surface area (Å²) in [6.07, 6.45) is 6.48. The summed E-state index contributed by atoms with van der Waals surface area (Å²) in [5.41, 5.74) is -0.434. The molecule has 7 rings (SSSR count). The molecule has 33 heavy (non-hydrogen) atoms.